The predicted molar refractivity (Wildman–Crippen MR) is 137 cm³/mol. The molecule has 2 heterocycles. The summed E-state index contributed by atoms with van der Waals surface area (Å²) in [7, 11) is 0. The van der Waals surface area contributed by atoms with Gasteiger partial charge in [-0.2, -0.15) is 0 Å². The van der Waals surface area contributed by atoms with Crippen LogP contribution >= 0.6 is 0 Å². The fourth-order valence-corrected chi connectivity index (χ4v) is 4.88. The molecule has 2 aromatic carbocycles. The number of rotatable bonds is 7. The van der Waals surface area contributed by atoms with Crippen molar-refractivity contribution in [2.24, 2.45) is 0 Å². The maximum absolute atomic E-state index is 11.8. The summed E-state index contributed by atoms with van der Waals surface area (Å²) in [6, 6.07) is 15.5. The molecule has 2 saturated heterocycles. The molecular formula is C28H39N3O4. The fourth-order valence-electron chi connectivity index (χ4n) is 4.88. The summed E-state index contributed by atoms with van der Waals surface area (Å²) in [6.07, 6.45) is 6.75. The Balaban J connectivity index is 1.49. The molecule has 0 spiro atoms. The van der Waals surface area contributed by atoms with E-state index in [2.05, 4.69) is 15.5 Å². The first-order valence-corrected chi connectivity index (χ1v) is 13.0. The number of anilines is 1. The number of hydrogen-bond donors (Lipinski definition) is 3. The molecule has 2 aromatic rings. The number of hydrogen-bond acceptors (Lipinski definition) is 5. The van der Waals surface area contributed by atoms with E-state index in [0.29, 0.717) is 6.54 Å². The van der Waals surface area contributed by atoms with Crippen molar-refractivity contribution in [3.8, 4) is 0 Å². The van der Waals surface area contributed by atoms with E-state index < -0.39 is 6.29 Å². The molecule has 0 unspecified atom stereocenters. The smallest absolute Gasteiger partial charge is 0.319 e. The van der Waals surface area contributed by atoms with Gasteiger partial charge in [-0.05, 0) is 56.1 Å². The van der Waals surface area contributed by atoms with Crippen LogP contribution in [0.2, 0.25) is 0 Å². The molecule has 3 N–H and O–H groups in total. The van der Waals surface area contributed by atoms with Crippen molar-refractivity contribution in [1.29, 1.82) is 0 Å². The largest absolute Gasteiger partial charge is 0.392 e. The van der Waals surface area contributed by atoms with Crippen LogP contribution in [0, 0.1) is 0 Å². The van der Waals surface area contributed by atoms with Crippen molar-refractivity contribution in [2.75, 3.05) is 31.5 Å². The van der Waals surface area contributed by atoms with Gasteiger partial charge in [-0.25, -0.2) is 4.79 Å². The summed E-state index contributed by atoms with van der Waals surface area (Å²) >= 11 is 0. The van der Waals surface area contributed by atoms with E-state index in [4.69, 9.17) is 9.47 Å². The van der Waals surface area contributed by atoms with Crippen molar-refractivity contribution in [1.82, 2.24) is 10.2 Å². The molecule has 0 saturated carbocycles. The number of nitrogens with zero attached hydrogens (tertiary/aromatic N) is 1. The molecule has 4 rings (SSSR count). The number of amides is 2. The van der Waals surface area contributed by atoms with Crippen LogP contribution in [0.25, 0.3) is 0 Å². The quantitative estimate of drug-likeness (QED) is 0.511. The van der Waals surface area contributed by atoms with Gasteiger partial charge in [0.1, 0.15) is 0 Å². The third kappa shape index (κ3) is 7.51. The van der Waals surface area contributed by atoms with Gasteiger partial charge in [0, 0.05) is 30.8 Å². The Labute approximate surface area is 208 Å². The van der Waals surface area contributed by atoms with Gasteiger partial charge < -0.3 is 30.1 Å². The van der Waals surface area contributed by atoms with Crippen LogP contribution in [-0.4, -0.2) is 48.3 Å². The maximum Gasteiger partial charge on any atom is 0.319 e. The van der Waals surface area contributed by atoms with Crippen LogP contribution in [0.4, 0.5) is 10.5 Å². The normalized spacial score (nSPS) is 23.8. The third-order valence-electron chi connectivity index (χ3n) is 6.80. The monoisotopic (exact) mass is 481 g/mol. The molecule has 0 bridgehead atoms. The summed E-state index contributed by atoms with van der Waals surface area (Å²) in [5.41, 5.74) is 3.65. The molecule has 2 fully saturated rings. The lowest BCUT2D eigenvalue weighted by Gasteiger charge is -2.38. The number of benzene rings is 2. The molecule has 3 atom stereocenters. The van der Waals surface area contributed by atoms with Gasteiger partial charge in [0.25, 0.3) is 0 Å². The number of aliphatic hydroxyl groups excluding tert-OH is 1. The Morgan fingerprint density at radius 2 is 1.60 bits per heavy atom. The van der Waals surface area contributed by atoms with Gasteiger partial charge in [-0.15, -0.1) is 0 Å². The Morgan fingerprint density at radius 1 is 0.943 bits per heavy atom. The number of carbonyl (C=O) groups is 1. The van der Waals surface area contributed by atoms with E-state index in [9.17, 15) is 9.90 Å². The van der Waals surface area contributed by atoms with Crippen molar-refractivity contribution in [3.63, 3.8) is 0 Å². The average Bonchev–Trinajstić information content (AvgIpc) is 2.86. The number of urea groups is 1. The Bertz CT molecular complexity index is 911. The van der Waals surface area contributed by atoms with Crippen molar-refractivity contribution in [2.45, 2.75) is 70.6 Å². The molecule has 190 valence electrons. The van der Waals surface area contributed by atoms with Gasteiger partial charge in [-0.1, -0.05) is 55.7 Å². The van der Waals surface area contributed by atoms with Crippen molar-refractivity contribution in [3.05, 3.63) is 65.2 Å². The second kappa shape index (κ2) is 13.0. The van der Waals surface area contributed by atoms with Crippen LogP contribution in [0.15, 0.2) is 48.5 Å². The van der Waals surface area contributed by atoms with Crippen LogP contribution in [0.3, 0.4) is 0 Å². The highest BCUT2D eigenvalue weighted by molar-refractivity contribution is 5.89. The summed E-state index contributed by atoms with van der Waals surface area (Å²) in [5, 5.41) is 15.0. The zero-order valence-corrected chi connectivity index (χ0v) is 20.7. The van der Waals surface area contributed by atoms with Crippen LogP contribution in [0.5, 0.6) is 0 Å². The molecule has 0 aromatic heterocycles. The van der Waals surface area contributed by atoms with E-state index in [0.717, 1.165) is 48.4 Å². The first-order valence-electron chi connectivity index (χ1n) is 13.0. The number of nitrogens with one attached hydrogen (secondary N) is 2. The average molecular weight is 482 g/mol. The molecular weight excluding hydrogens is 442 g/mol. The lowest BCUT2D eigenvalue weighted by atomic mass is 9.99. The van der Waals surface area contributed by atoms with E-state index >= 15 is 0 Å². The van der Waals surface area contributed by atoms with Gasteiger partial charge >= 0.3 is 6.03 Å². The number of aliphatic hydroxyl groups is 1. The summed E-state index contributed by atoms with van der Waals surface area (Å²) in [5.74, 6) is 0. The number of likely N-dealkylation sites (tertiary alicyclic amines) is 1. The predicted octanol–water partition coefficient (Wildman–Crippen LogP) is 5.13. The van der Waals surface area contributed by atoms with Crippen molar-refractivity contribution >= 4 is 11.7 Å². The second-order valence-corrected chi connectivity index (χ2v) is 9.52. The first kappa shape index (κ1) is 25.6. The lowest BCUT2D eigenvalue weighted by molar-refractivity contribution is -0.253. The number of carbonyl (C=O) groups excluding carboxylic acids is 1. The minimum absolute atomic E-state index is 0.0335. The molecule has 0 aliphatic carbocycles. The lowest BCUT2D eigenvalue weighted by Crippen LogP contribution is -2.40. The molecule has 0 radical (unpaired) electrons. The van der Waals surface area contributed by atoms with Crippen LogP contribution in [-0.2, 0) is 16.1 Å². The van der Waals surface area contributed by atoms with E-state index in [1.165, 1.54) is 32.1 Å². The zero-order valence-electron chi connectivity index (χ0n) is 20.7. The van der Waals surface area contributed by atoms with Gasteiger partial charge in [-0.3, -0.25) is 0 Å². The third-order valence-corrected chi connectivity index (χ3v) is 6.80. The highest BCUT2D eigenvalue weighted by atomic mass is 16.7. The summed E-state index contributed by atoms with van der Waals surface area (Å²) in [4.78, 5) is 14.4. The SMILES string of the molecule is CCNC(=O)Nc1ccc([C@@H]2O[C@H](CN3CCCCCCC3)C[C@H](c3ccc(CO)cc3)O2)cc1. The first-order chi connectivity index (χ1) is 17.1. The minimum atomic E-state index is -0.482. The Morgan fingerprint density at radius 3 is 2.26 bits per heavy atom. The maximum atomic E-state index is 11.8. The Hall–Kier alpha value is -2.45. The van der Waals surface area contributed by atoms with Gasteiger partial charge in [0.2, 0.25) is 0 Å². The summed E-state index contributed by atoms with van der Waals surface area (Å²) < 4.78 is 13.0. The molecule has 2 amide bonds. The van der Waals surface area contributed by atoms with Crippen molar-refractivity contribution < 1.29 is 19.4 Å². The zero-order chi connectivity index (χ0) is 24.5. The molecule has 2 aliphatic heterocycles. The van der Waals surface area contributed by atoms with Gasteiger partial charge in [0.15, 0.2) is 6.29 Å². The minimum Gasteiger partial charge on any atom is -0.392 e. The van der Waals surface area contributed by atoms with Crippen LogP contribution in [0.1, 0.15) is 74.5 Å². The highest BCUT2D eigenvalue weighted by Gasteiger charge is 2.33. The topological polar surface area (TPSA) is 83.1 Å². The van der Waals surface area contributed by atoms with E-state index in [-0.39, 0.29) is 24.8 Å². The summed E-state index contributed by atoms with van der Waals surface area (Å²) in [6.45, 7) is 5.65. The Kier molecular flexibility index (Phi) is 9.54. The van der Waals surface area contributed by atoms with Gasteiger partial charge in [0.05, 0.1) is 18.8 Å². The second-order valence-electron chi connectivity index (χ2n) is 9.52. The standard InChI is InChI=1S/C28H39N3O4/c1-2-29-28(33)30-24-14-12-23(13-15-24)27-34-25(19-31-16-6-4-3-5-7-17-31)18-26(35-27)22-10-8-21(20-32)9-11-22/h8-15,25-27,32H,2-7,16-20H2,1H3,(H2,29,30,33)/t25-,26+,27+/m0/s1. The molecule has 7 heteroatoms. The van der Waals surface area contributed by atoms with Crippen LogP contribution < -0.4 is 10.6 Å². The fraction of sp³-hybridized carbons (Fsp3) is 0.536. The molecule has 35 heavy (non-hydrogen) atoms. The number of ether oxygens (including phenoxy) is 2. The van der Waals surface area contributed by atoms with E-state index in [1.807, 2.05) is 55.5 Å². The molecule has 2 aliphatic rings. The van der Waals surface area contributed by atoms with E-state index in [1.54, 1.807) is 0 Å². The highest BCUT2D eigenvalue weighted by Crippen LogP contribution is 2.38. The molecule has 7 nitrogen and oxygen atoms in total.